The summed E-state index contributed by atoms with van der Waals surface area (Å²) in [7, 11) is 0. The molecule has 146 valence electrons. The molecule has 29 heavy (non-hydrogen) atoms. The van der Waals surface area contributed by atoms with Gasteiger partial charge >= 0.3 is 0 Å². The molecule has 8 heteroatoms. The monoisotopic (exact) mass is 392 g/mol. The Hall–Kier alpha value is -3.81. The highest BCUT2D eigenvalue weighted by atomic mass is 19.1. The fourth-order valence-corrected chi connectivity index (χ4v) is 3.27. The van der Waals surface area contributed by atoms with Crippen LogP contribution in [0.3, 0.4) is 0 Å². The standard InChI is InChI=1S/C21H18FN5O2/c1-2-24-20(28)15-11-16-19(25-17-5-3-4-10-26(17)21(16)29)27(18(15)23)12-13-6-8-14(22)9-7-13/h3-11,23H,2,12H2,1H3,(H,24,28)/p+1. The molecule has 0 atom stereocenters. The summed E-state index contributed by atoms with van der Waals surface area (Å²) in [6.45, 7) is 2.44. The molecule has 3 heterocycles. The number of aromatic nitrogens is 3. The van der Waals surface area contributed by atoms with Crippen LogP contribution in [0.1, 0.15) is 22.8 Å². The average Bonchev–Trinajstić information content (AvgIpc) is 2.72. The van der Waals surface area contributed by atoms with Crippen LogP contribution in [-0.4, -0.2) is 21.8 Å². The van der Waals surface area contributed by atoms with Gasteiger partial charge in [-0.25, -0.2) is 8.96 Å². The second-order valence-electron chi connectivity index (χ2n) is 6.60. The molecule has 0 saturated heterocycles. The molecule has 1 aromatic carbocycles. The topological polar surface area (TPSA) is 93.4 Å². The van der Waals surface area contributed by atoms with Crippen LogP contribution in [0, 0.1) is 5.82 Å². The van der Waals surface area contributed by atoms with Gasteiger partial charge in [0, 0.05) is 12.7 Å². The number of carbonyl (C=O) groups is 1. The van der Waals surface area contributed by atoms with Gasteiger partial charge in [-0.3, -0.25) is 14.0 Å². The van der Waals surface area contributed by atoms with E-state index in [1.807, 2.05) is 0 Å². The molecule has 0 spiro atoms. The molecule has 3 aromatic heterocycles. The molecular formula is C21H19FN5O2+. The van der Waals surface area contributed by atoms with Gasteiger partial charge in [-0.05, 0) is 42.8 Å². The normalized spacial score (nSPS) is 11.1. The summed E-state index contributed by atoms with van der Waals surface area (Å²) in [6.07, 6.45) is 1.62. The van der Waals surface area contributed by atoms with Crippen molar-refractivity contribution in [2.24, 2.45) is 0 Å². The van der Waals surface area contributed by atoms with Crippen molar-refractivity contribution in [1.82, 2.24) is 14.7 Å². The molecule has 1 amide bonds. The fraction of sp³-hybridized carbons (Fsp3) is 0.143. The lowest BCUT2D eigenvalue weighted by Gasteiger charge is -2.12. The molecule has 0 aliphatic heterocycles. The van der Waals surface area contributed by atoms with E-state index in [9.17, 15) is 14.0 Å². The lowest BCUT2D eigenvalue weighted by atomic mass is 10.1. The molecule has 4 rings (SSSR count). The van der Waals surface area contributed by atoms with E-state index in [0.717, 1.165) is 5.56 Å². The minimum atomic E-state index is -0.377. The zero-order valence-electron chi connectivity index (χ0n) is 15.7. The molecule has 0 unspecified atom stereocenters. The number of halogens is 1. The maximum Gasteiger partial charge on any atom is 0.278 e. The van der Waals surface area contributed by atoms with Crippen LogP contribution in [0.4, 0.5) is 10.2 Å². The van der Waals surface area contributed by atoms with Crippen molar-refractivity contribution in [2.75, 3.05) is 12.3 Å². The van der Waals surface area contributed by atoms with Gasteiger partial charge in [-0.2, -0.15) is 0 Å². The maximum atomic E-state index is 13.3. The first-order chi connectivity index (χ1) is 14.0. The molecule has 7 nitrogen and oxygen atoms in total. The number of hydrogen-bond donors (Lipinski definition) is 2. The van der Waals surface area contributed by atoms with E-state index in [2.05, 4.69) is 10.3 Å². The van der Waals surface area contributed by atoms with E-state index in [4.69, 9.17) is 5.73 Å². The van der Waals surface area contributed by atoms with E-state index in [1.54, 1.807) is 48.0 Å². The number of amides is 1. The van der Waals surface area contributed by atoms with Crippen LogP contribution in [0.2, 0.25) is 0 Å². The van der Waals surface area contributed by atoms with Crippen molar-refractivity contribution in [3.8, 4) is 0 Å². The molecule has 0 aliphatic rings. The van der Waals surface area contributed by atoms with Crippen molar-refractivity contribution in [1.29, 1.82) is 0 Å². The van der Waals surface area contributed by atoms with Gasteiger partial charge in [-0.15, -0.1) is 0 Å². The summed E-state index contributed by atoms with van der Waals surface area (Å²) in [5.74, 6) is -0.549. The highest BCUT2D eigenvalue weighted by Gasteiger charge is 2.24. The molecule has 4 aromatic rings. The molecule has 0 fully saturated rings. The Balaban J connectivity index is 2.04. The van der Waals surface area contributed by atoms with Crippen LogP contribution < -0.4 is 21.2 Å². The van der Waals surface area contributed by atoms with E-state index >= 15 is 0 Å². The number of fused-ring (bicyclic) bond motifs is 2. The third kappa shape index (κ3) is 3.29. The zero-order chi connectivity index (χ0) is 20.5. The van der Waals surface area contributed by atoms with Crippen molar-refractivity contribution in [3.05, 3.63) is 82.0 Å². The predicted octanol–water partition coefficient (Wildman–Crippen LogP) is 1.65. The highest BCUT2D eigenvalue weighted by Crippen LogP contribution is 2.16. The van der Waals surface area contributed by atoms with Gasteiger partial charge in [0.15, 0.2) is 0 Å². The van der Waals surface area contributed by atoms with E-state index in [0.29, 0.717) is 17.8 Å². The molecule has 3 N–H and O–H groups in total. The highest BCUT2D eigenvalue weighted by molar-refractivity contribution is 6.00. The van der Waals surface area contributed by atoms with E-state index in [-0.39, 0.29) is 40.6 Å². The summed E-state index contributed by atoms with van der Waals surface area (Å²) in [6, 6.07) is 12.7. The summed E-state index contributed by atoms with van der Waals surface area (Å²) in [5.41, 5.74) is 7.80. The third-order valence-corrected chi connectivity index (χ3v) is 4.70. The summed E-state index contributed by atoms with van der Waals surface area (Å²) >= 11 is 0. The number of nitrogens with one attached hydrogen (secondary N) is 1. The van der Waals surface area contributed by atoms with Crippen LogP contribution in [0.15, 0.2) is 59.5 Å². The number of nitrogens with zero attached hydrogens (tertiary/aromatic N) is 3. The summed E-state index contributed by atoms with van der Waals surface area (Å²) in [4.78, 5) is 30.2. The SMILES string of the molecule is CCNC(=O)c1cc2c(=O)n3ccccc3nc2[n+](Cc2ccc(F)cc2)c1N. The van der Waals surface area contributed by atoms with Crippen LogP contribution in [-0.2, 0) is 6.54 Å². The average molecular weight is 392 g/mol. The van der Waals surface area contributed by atoms with Gasteiger partial charge in [0.2, 0.25) is 11.5 Å². The van der Waals surface area contributed by atoms with Crippen molar-refractivity contribution >= 4 is 28.4 Å². The van der Waals surface area contributed by atoms with Crippen molar-refractivity contribution < 1.29 is 13.8 Å². The molecule has 0 aliphatic carbocycles. The minimum Gasteiger partial charge on any atom is -0.352 e. The van der Waals surface area contributed by atoms with Crippen LogP contribution >= 0.6 is 0 Å². The lowest BCUT2D eigenvalue weighted by Crippen LogP contribution is -2.43. The molecular weight excluding hydrogens is 373 g/mol. The summed E-state index contributed by atoms with van der Waals surface area (Å²) in [5, 5.41) is 2.98. The van der Waals surface area contributed by atoms with Gasteiger partial charge in [0.1, 0.15) is 16.8 Å². The molecule has 0 radical (unpaired) electrons. The first-order valence-corrected chi connectivity index (χ1v) is 9.15. The Morgan fingerprint density at radius 1 is 1.24 bits per heavy atom. The summed E-state index contributed by atoms with van der Waals surface area (Å²) < 4.78 is 16.3. The Kier molecular flexibility index (Phi) is 4.67. The number of hydrogen-bond acceptors (Lipinski definition) is 4. The fourth-order valence-electron chi connectivity index (χ4n) is 3.27. The first kappa shape index (κ1) is 18.5. The number of pyridine rings is 2. The number of anilines is 1. The Labute approximate surface area is 165 Å². The second kappa shape index (κ2) is 7.31. The van der Waals surface area contributed by atoms with E-state index in [1.165, 1.54) is 22.6 Å². The number of carbonyl (C=O) groups excluding carboxylic acids is 1. The van der Waals surface area contributed by atoms with Gasteiger partial charge in [0.25, 0.3) is 17.1 Å². The second-order valence-corrected chi connectivity index (χ2v) is 6.60. The molecule has 0 saturated carbocycles. The zero-order valence-corrected chi connectivity index (χ0v) is 15.7. The Morgan fingerprint density at radius 2 is 2.00 bits per heavy atom. The van der Waals surface area contributed by atoms with E-state index < -0.39 is 0 Å². The predicted molar refractivity (Wildman–Crippen MR) is 107 cm³/mol. The number of rotatable bonds is 4. The van der Waals surface area contributed by atoms with Gasteiger partial charge < -0.3 is 11.1 Å². The van der Waals surface area contributed by atoms with Gasteiger partial charge in [0.05, 0.1) is 6.54 Å². The van der Waals surface area contributed by atoms with Crippen LogP contribution in [0.25, 0.3) is 16.7 Å². The quantitative estimate of drug-likeness (QED) is 0.408. The Bertz CT molecular complexity index is 1300. The minimum absolute atomic E-state index is 0.181. The van der Waals surface area contributed by atoms with Crippen molar-refractivity contribution in [3.63, 3.8) is 0 Å². The maximum absolute atomic E-state index is 13.3. The lowest BCUT2D eigenvalue weighted by molar-refractivity contribution is -0.649. The number of nitrogens with two attached hydrogens (primary N) is 1. The number of nitrogen functional groups attached to an aromatic ring is 1. The largest absolute Gasteiger partial charge is 0.352 e. The molecule has 0 bridgehead atoms. The first-order valence-electron chi connectivity index (χ1n) is 9.15. The van der Waals surface area contributed by atoms with Crippen molar-refractivity contribution in [2.45, 2.75) is 13.5 Å². The third-order valence-electron chi connectivity index (χ3n) is 4.70. The smallest absolute Gasteiger partial charge is 0.278 e. The van der Waals surface area contributed by atoms with Crippen LogP contribution in [0.5, 0.6) is 0 Å². The van der Waals surface area contributed by atoms with Gasteiger partial charge in [-0.1, -0.05) is 23.2 Å². The Morgan fingerprint density at radius 3 is 2.72 bits per heavy atom. The number of benzene rings is 1.